The Hall–Kier alpha value is -1.04. The standard InChI is InChI=1S/C8H12N2O3S/c1-14-5-6-9-7(13-10-6)3-2-4-8(11)12/h2-5H2,1H3,(H,11,12). The number of carboxylic acids is 1. The Morgan fingerprint density at radius 2 is 2.43 bits per heavy atom. The van der Waals surface area contributed by atoms with Crippen molar-refractivity contribution in [2.75, 3.05) is 6.26 Å². The summed E-state index contributed by atoms with van der Waals surface area (Å²) in [5, 5.41) is 12.2. The maximum absolute atomic E-state index is 10.2. The maximum Gasteiger partial charge on any atom is 0.303 e. The van der Waals surface area contributed by atoms with Gasteiger partial charge in [0.15, 0.2) is 5.82 Å². The predicted molar refractivity (Wildman–Crippen MR) is 52.1 cm³/mol. The van der Waals surface area contributed by atoms with Crippen LogP contribution in [0.5, 0.6) is 0 Å². The fourth-order valence-electron chi connectivity index (χ4n) is 0.970. The third-order valence-corrected chi connectivity index (χ3v) is 2.11. The predicted octanol–water partition coefficient (Wildman–Crippen LogP) is 1.34. The van der Waals surface area contributed by atoms with Crippen LogP contribution in [-0.2, 0) is 17.0 Å². The summed E-state index contributed by atoms with van der Waals surface area (Å²) in [5.41, 5.74) is 0. The summed E-state index contributed by atoms with van der Waals surface area (Å²) in [6.45, 7) is 0. The molecule has 0 unspecified atom stereocenters. The summed E-state index contributed by atoms with van der Waals surface area (Å²) in [6.07, 6.45) is 3.17. The molecule has 0 radical (unpaired) electrons. The third kappa shape index (κ3) is 3.78. The molecule has 1 aromatic rings. The van der Waals surface area contributed by atoms with Crippen LogP contribution in [0.2, 0.25) is 0 Å². The highest BCUT2D eigenvalue weighted by atomic mass is 32.2. The number of aryl methyl sites for hydroxylation is 1. The zero-order valence-corrected chi connectivity index (χ0v) is 8.71. The summed E-state index contributed by atoms with van der Waals surface area (Å²) in [5.74, 6) is 1.12. The number of aromatic nitrogens is 2. The van der Waals surface area contributed by atoms with Crippen molar-refractivity contribution >= 4 is 17.7 Å². The molecular weight excluding hydrogens is 204 g/mol. The highest BCUT2D eigenvalue weighted by Crippen LogP contribution is 2.07. The molecule has 0 aliphatic rings. The number of carbonyl (C=O) groups is 1. The molecule has 14 heavy (non-hydrogen) atoms. The molecule has 0 fully saturated rings. The first kappa shape index (κ1) is 11.0. The number of rotatable bonds is 6. The van der Waals surface area contributed by atoms with Crippen LogP contribution in [0.4, 0.5) is 0 Å². The average Bonchev–Trinajstić information content (AvgIpc) is 2.53. The quantitative estimate of drug-likeness (QED) is 0.773. The van der Waals surface area contributed by atoms with Gasteiger partial charge in [-0.2, -0.15) is 16.7 Å². The molecule has 1 N–H and O–H groups in total. The number of aliphatic carboxylic acids is 1. The molecular formula is C8H12N2O3S. The van der Waals surface area contributed by atoms with Gasteiger partial charge in [0.1, 0.15) is 0 Å². The molecule has 0 aliphatic carbocycles. The first-order valence-electron chi connectivity index (χ1n) is 4.24. The van der Waals surface area contributed by atoms with Gasteiger partial charge in [0.05, 0.1) is 5.75 Å². The largest absolute Gasteiger partial charge is 0.481 e. The topological polar surface area (TPSA) is 76.2 Å². The van der Waals surface area contributed by atoms with Gasteiger partial charge in [-0.25, -0.2) is 0 Å². The second kappa shape index (κ2) is 5.64. The molecule has 78 valence electrons. The van der Waals surface area contributed by atoms with Crippen molar-refractivity contribution in [1.29, 1.82) is 0 Å². The lowest BCUT2D eigenvalue weighted by molar-refractivity contribution is -0.137. The van der Waals surface area contributed by atoms with Gasteiger partial charge in [-0.05, 0) is 12.7 Å². The van der Waals surface area contributed by atoms with E-state index in [1.165, 1.54) is 0 Å². The molecule has 0 spiro atoms. The van der Waals surface area contributed by atoms with Crippen molar-refractivity contribution < 1.29 is 14.4 Å². The second-order valence-electron chi connectivity index (χ2n) is 2.78. The van der Waals surface area contributed by atoms with Gasteiger partial charge in [-0.15, -0.1) is 0 Å². The van der Waals surface area contributed by atoms with Crippen molar-refractivity contribution in [2.24, 2.45) is 0 Å². The molecule has 1 aromatic heterocycles. The normalized spacial score (nSPS) is 10.4. The van der Waals surface area contributed by atoms with E-state index in [-0.39, 0.29) is 6.42 Å². The Kier molecular flexibility index (Phi) is 4.45. The summed E-state index contributed by atoms with van der Waals surface area (Å²) < 4.78 is 4.93. The summed E-state index contributed by atoms with van der Waals surface area (Å²) in [7, 11) is 0. The van der Waals surface area contributed by atoms with E-state index in [0.717, 1.165) is 5.75 Å². The Labute approximate surface area is 85.9 Å². The molecule has 0 amide bonds. The number of hydrogen-bond donors (Lipinski definition) is 1. The van der Waals surface area contributed by atoms with Crippen LogP contribution < -0.4 is 0 Å². The first-order chi connectivity index (χ1) is 6.72. The van der Waals surface area contributed by atoms with Gasteiger partial charge >= 0.3 is 5.97 Å². The lowest BCUT2D eigenvalue weighted by atomic mass is 10.2. The van der Waals surface area contributed by atoms with E-state index in [9.17, 15) is 4.79 Å². The van der Waals surface area contributed by atoms with Gasteiger partial charge in [0.25, 0.3) is 0 Å². The lowest BCUT2D eigenvalue weighted by Crippen LogP contribution is -1.96. The van der Waals surface area contributed by atoms with Crippen LogP contribution in [0.15, 0.2) is 4.52 Å². The van der Waals surface area contributed by atoms with E-state index in [1.54, 1.807) is 11.8 Å². The number of nitrogens with zero attached hydrogens (tertiary/aromatic N) is 2. The molecule has 0 saturated heterocycles. The summed E-state index contributed by atoms with van der Waals surface area (Å²) in [6, 6.07) is 0. The molecule has 0 saturated carbocycles. The lowest BCUT2D eigenvalue weighted by Gasteiger charge is -1.90. The minimum Gasteiger partial charge on any atom is -0.481 e. The van der Waals surface area contributed by atoms with Crippen molar-refractivity contribution in [3.05, 3.63) is 11.7 Å². The van der Waals surface area contributed by atoms with Crippen LogP contribution in [-0.4, -0.2) is 27.5 Å². The van der Waals surface area contributed by atoms with Crippen LogP contribution in [0.25, 0.3) is 0 Å². The fourth-order valence-corrected chi connectivity index (χ4v) is 1.35. The van der Waals surface area contributed by atoms with Crippen LogP contribution >= 0.6 is 11.8 Å². The zero-order chi connectivity index (χ0) is 10.4. The van der Waals surface area contributed by atoms with Gasteiger partial charge < -0.3 is 9.63 Å². The summed E-state index contributed by atoms with van der Waals surface area (Å²) >= 11 is 1.62. The van der Waals surface area contributed by atoms with Gasteiger partial charge in [-0.1, -0.05) is 5.16 Å². The smallest absolute Gasteiger partial charge is 0.303 e. The molecule has 0 aliphatic heterocycles. The Balaban J connectivity index is 2.32. The monoisotopic (exact) mass is 216 g/mol. The Bertz CT molecular complexity index is 301. The van der Waals surface area contributed by atoms with Crippen LogP contribution in [0.1, 0.15) is 24.6 Å². The zero-order valence-electron chi connectivity index (χ0n) is 7.89. The van der Waals surface area contributed by atoms with Crippen molar-refractivity contribution in [3.63, 3.8) is 0 Å². The van der Waals surface area contributed by atoms with E-state index in [2.05, 4.69) is 10.1 Å². The number of carboxylic acid groups (broad SMARTS) is 1. The Morgan fingerprint density at radius 1 is 1.64 bits per heavy atom. The molecule has 6 heteroatoms. The number of hydrogen-bond acceptors (Lipinski definition) is 5. The van der Waals surface area contributed by atoms with Crippen LogP contribution in [0.3, 0.4) is 0 Å². The van der Waals surface area contributed by atoms with E-state index in [4.69, 9.17) is 9.63 Å². The van der Waals surface area contributed by atoms with Crippen molar-refractivity contribution in [2.45, 2.75) is 25.0 Å². The third-order valence-electron chi connectivity index (χ3n) is 1.56. The van der Waals surface area contributed by atoms with Gasteiger partial charge in [0.2, 0.25) is 5.89 Å². The molecule has 0 atom stereocenters. The maximum atomic E-state index is 10.2. The molecule has 1 heterocycles. The average molecular weight is 216 g/mol. The highest BCUT2D eigenvalue weighted by molar-refractivity contribution is 7.97. The summed E-state index contributed by atoms with van der Waals surface area (Å²) in [4.78, 5) is 14.3. The van der Waals surface area contributed by atoms with E-state index >= 15 is 0 Å². The van der Waals surface area contributed by atoms with Crippen molar-refractivity contribution in [3.8, 4) is 0 Å². The van der Waals surface area contributed by atoms with E-state index < -0.39 is 5.97 Å². The molecule has 0 bridgehead atoms. The fraction of sp³-hybridized carbons (Fsp3) is 0.625. The minimum atomic E-state index is -0.797. The molecule has 0 aromatic carbocycles. The van der Waals surface area contributed by atoms with Gasteiger partial charge in [-0.3, -0.25) is 4.79 Å². The van der Waals surface area contributed by atoms with E-state index in [0.29, 0.717) is 24.6 Å². The number of thioether (sulfide) groups is 1. The second-order valence-corrected chi connectivity index (χ2v) is 3.65. The molecule has 5 nitrogen and oxygen atoms in total. The van der Waals surface area contributed by atoms with Crippen LogP contribution in [0, 0.1) is 0 Å². The first-order valence-corrected chi connectivity index (χ1v) is 5.64. The Morgan fingerprint density at radius 3 is 3.07 bits per heavy atom. The molecule has 1 rings (SSSR count). The van der Waals surface area contributed by atoms with Crippen molar-refractivity contribution in [1.82, 2.24) is 10.1 Å². The SMILES string of the molecule is CSCc1noc(CCCC(=O)O)n1. The minimum absolute atomic E-state index is 0.139. The van der Waals surface area contributed by atoms with E-state index in [1.807, 2.05) is 6.26 Å². The van der Waals surface area contributed by atoms with Gasteiger partial charge in [0, 0.05) is 12.8 Å². The highest BCUT2D eigenvalue weighted by Gasteiger charge is 2.06.